The SMILES string of the molecule is Cc1nc(Nc2ncc(C=O)s2)cc(N2CCN(CCCC(=O)N3CC4CN(c5ccc(C6CCC(=O)NC6=O)cc5)CC4C3)CC2)n1. The summed E-state index contributed by atoms with van der Waals surface area (Å²) in [6.07, 6.45) is 4.70. The number of piperazine rings is 1. The van der Waals surface area contributed by atoms with Gasteiger partial charge in [-0.1, -0.05) is 23.5 Å². The minimum absolute atomic E-state index is 0.192. The van der Waals surface area contributed by atoms with Crippen LogP contribution in [-0.2, 0) is 14.4 Å². The molecule has 48 heavy (non-hydrogen) atoms. The molecule has 2 N–H and O–H groups in total. The molecule has 2 aromatic heterocycles. The first kappa shape index (κ1) is 32.1. The van der Waals surface area contributed by atoms with Gasteiger partial charge in [-0.2, -0.15) is 0 Å². The molecular formula is C34H41N9O4S. The van der Waals surface area contributed by atoms with Crippen LogP contribution in [0.1, 0.15) is 52.7 Å². The van der Waals surface area contributed by atoms with E-state index in [4.69, 9.17) is 0 Å². The van der Waals surface area contributed by atoms with Gasteiger partial charge in [0.25, 0.3) is 0 Å². The summed E-state index contributed by atoms with van der Waals surface area (Å²) in [5.41, 5.74) is 2.10. The Bertz CT molecular complexity index is 1660. The summed E-state index contributed by atoms with van der Waals surface area (Å²) >= 11 is 1.28. The number of amides is 3. The number of aryl methyl sites for hydroxylation is 1. The molecule has 4 aliphatic rings. The van der Waals surface area contributed by atoms with Crippen LogP contribution in [0.4, 0.5) is 22.5 Å². The lowest BCUT2D eigenvalue weighted by molar-refractivity contribution is -0.134. The van der Waals surface area contributed by atoms with Gasteiger partial charge in [0.15, 0.2) is 11.4 Å². The first-order chi connectivity index (χ1) is 23.3. The highest BCUT2D eigenvalue weighted by molar-refractivity contribution is 7.17. The Balaban J connectivity index is 0.823. The summed E-state index contributed by atoms with van der Waals surface area (Å²) in [5, 5.41) is 6.26. The highest BCUT2D eigenvalue weighted by Crippen LogP contribution is 2.35. The summed E-state index contributed by atoms with van der Waals surface area (Å²) < 4.78 is 0. The number of thiazole rings is 1. The van der Waals surface area contributed by atoms with E-state index in [1.54, 1.807) is 6.20 Å². The number of likely N-dealkylation sites (tertiary alicyclic amines) is 1. The first-order valence-corrected chi connectivity index (χ1v) is 17.6. The summed E-state index contributed by atoms with van der Waals surface area (Å²) in [6, 6.07) is 10.1. The van der Waals surface area contributed by atoms with Gasteiger partial charge in [0, 0.05) is 88.8 Å². The molecule has 0 saturated carbocycles. The van der Waals surface area contributed by atoms with Crippen molar-refractivity contribution in [3.05, 3.63) is 52.8 Å². The number of nitrogens with zero attached hydrogens (tertiary/aromatic N) is 7. The number of carbonyl (C=O) groups is 4. The van der Waals surface area contributed by atoms with Crippen LogP contribution < -0.4 is 20.4 Å². The van der Waals surface area contributed by atoms with E-state index < -0.39 is 0 Å². The van der Waals surface area contributed by atoms with Crippen molar-refractivity contribution in [2.75, 3.05) is 74.0 Å². The average Bonchev–Trinajstić information content (AvgIpc) is 3.81. The van der Waals surface area contributed by atoms with Crippen LogP contribution in [0.3, 0.4) is 0 Å². The van der Waals surface area contributed by atoms with E-state index in [0.717, 1.165) is 88.7 Å². The van der Waals surface area contributed by atoms with Crippen molar-refractivity contribution in [3.63, 3.8) is 0 Å². The van der Waals surface area contributed by atoms with Gasteiger partial charge in [-0.05, 0) is 44.0 Å². The van der Waals surface area contributed by atoms with Gasteiger partial charge < -0.3 is 20.0 Å². The van der Waals surface area contributed by atoms with Crippen LogP contribution >= 0.6 is 11.3 Å². The quantitative estimate of drug-likeness (QED) is 0.243. The van der Waals surface area contributed by atoms with Crippen LogP contribution in [0.25, 0.3) is 0 Å². The molecule has 1 aromatic carbocycles. The van der Waals surface area contributed by atoms with Crippen LogP contribution in [-0.4, -0.2) is 108 Å². The maximum Gasteiger partial charge on any atom is 0.234 e. The van der Waals surface area contributed by atoms with E-state index in [1.807, 2.05) is 25.1 Å². The molecule has 7 rings (SSSR count). The number of benzene rings is 1. The molecule has 13 nitrogen and oxygen atoms in total. The Kier molecular flexibility index (Phi) is 9.35. The van der Waals surface area contributed by atoms with Crippen molar-refractivity contribution in [1.82, 2.24) is 30.1 Å². The molecule has 3 aromatic rings. The van der Waals surface area contributed by atoms with Gasteiger partial charge in [0.2, 0.25) is 17.7 Å². The largest absolute Gasteiger partial charge is 0.371 e. The molecule has 252 valence electrons. The number of anilines is 4. The first-order valence-electron chi connectivity index (χ1n) is 16.8. The average molecular weight is 672 g/mol. The molecule has 0 bridgehead atoms. The Hall–Kier alpha value is -4.43. The zero-order valence-corrected chi connectivity index (χ0v) is 28.0. The van der Waals surface area contributed by atoms with Gasteiger partial charge in [0.05, 0.1) is 17.0 Å². The van der Waals surface area contributed by atoms with Crippen molar-refractivity contribution < 1.29 is 19.2 Å². The molecule has 3 atom stereocenters. The Morgan fingerprint density at radius 3 is 2.46 bits per heavy atom. The van der Waals surface area contributed by atoms with E-state index in [0.29, 0.717) is 52.7 Å². The van der Waals surface area contributed by atoms with Crippen molar-refractivity contribution in [1.29, 1.82) is 0 Å². The standard InChI is InChI=1S/C34H41N9O4S/c1-22-36-29(38-34-35-16-27(21-44)48-34)15-30(37-22)41-13-11-40(12-14-41)10-2-3-32(46)43-19-24-17-42(18-25(24)20-43)26-6-4-23(5-7-26)28-8-9-31(45)39-33(28)47/h4-7,15-16,21,24-25,28H,2-3,8-14,17-20H2,1H3,(H,39,45,47)(H,35,36,37,38). The summed E-state index contributed by atoms with van der Waals surface area (Å²) in [5.74, 6) is 2.76. The summed E-state index contributed by atoms with van der Waals surface area (Å²) in [4.78, 5) is 71.0. The fourth-order valence-electron chi connectivity index (χ4n) is 7.44. The number of nitrogens with one attached hydrogen (secondary N) is 2. The van der Waals surface area contributed by atoms with Gasteiger partial charge in [-0.25, -0.2) is 15.0 Å². The van der Waals surface area contributed by atoms with Crippen molar-refractivity contribution in [3.8, 4) is 0 Å². The van der Waals surface area contributed by atoms with Crippen LogP contribution in [0.2, 0.25) is 0 Å². The maximum absolute atomic E-state index is 13.1. The molecule has 3 unspecified atom stereocenters. The van der Waals surface area contributed by atoms with E-state index in [2.05, 4.69) is 57.3 Å². The van der Waals surface area contributed by atoms with Crippen molar-refractivity contribution >= 4 is 57.8 Å². The lowest BCUT2D eigenvalue weighted by Crippen LogP contribution is -2.47. The van der Waals surface area contributed by atoms with Crippen molar-refractivity contribution in [2.24, 2.45) is 11.8 Å². The molecule has 6 heterocycles. The maximum atomic E-state index is 13.1. The molecule has 4 fully saturated rings. The zero-order chi connectivity index (χ0) is 33.2. The lowest BCUT2D eigenvalue weighted by atomic mass is 9.90. The number of aromatic nitrogens is 3. The van der Waals surface area contributed by atoms with E-state index in [-0.39, 0.29) is 23.6 Å². The Morgan fingerprint density at radius 2 is 1.77 bits per heavy atom. The monoisotopic (exact) mass is 671 g/mol. The smallest absolute Gasteiger partial charge is 0.234 e. The lowest BCUT2D eigenvalue weighted by Gasteiger charge is -2.35. The van der Waals surface area contributed by atoms with Gasteiger partial charge in [-0.15, -0.1) is 0 Å². The highest BCUT2D eigenvalue weighted by Gasteiger charge is 2.41. The van der Waals surface area contributed by atoms with E-state index in [1.165, 1.54) is 11.3 Å². The zero-order valence-electron chi connectivity index (χ0n) is 27.1. The predicted molar refractivity (Wildman–Crippen MR) is 183 cm³/mol. The fourth-order valence-corrected chi connectivity index (χ4v) is 8.07. The Morgan fingerprint density at radius 1 is 1.02 bits per heavy atom. The second-order valence-electron chi connectivity index (χ2n) is 13.2. The van der Waals surface area contributed by atoms with E-state index in [9.17, 15) is 19.2 Å². The molecule has 0 radical (unpaired) electrons. The van der Waals surface area contributed by atoms with Crippen LogP contribution in [0, 0.1) is 18.8 Å². The number of rotatable bonds is 10. The second-order valence-corrected chi connectivity index (χ2v) is 14.3. The van der Waals surface area contributed by atoms with Gasteiger partial charge in [0.1, 0.15) is 17.5 Å². The number of piperidine rings is 1. The normalized spacial score (nSPS) is 22.9. The molecule has 4 aliphatic heterocycles. The topological polar surface area (TPSA) is 144 Å². The van der Waals surface area contributed by atoms with Crippen molar-refractivity contribution in [2.45, 2.75) is 38.5 Å². The number of carbonyl (C=O) groups excluding carboxylic acids is 4. The summed E-state index contributed by atoms with van der Waals surface area (Å²) in [7, 11) is 0. The van der Waals surface area contributed by atoms with Gasteiger partial charge >= 0.3 is 0 Å². The Labute approximate surface area is 283 Å². The third-order valence-corrected chi connectivity index (χ3v) is 10.8. The number of aldehydes is 1. The predicted octanol–water partition coefficient (Wildman–Crippen LogP) is 2.81. The second kappa shape index (κ2) is 14.0. The minimum atomic E-state index is -0.264. The number of imide groups is 1. The third kappa shape index (κ3) is 7.19. The number of hydrogen-bond acceptors (Lipinski definition) is 12. The van der Waals surface area contributed by atoms with Gasteiger partial charge in [-0.3, -0.25) is 29.4 Å². The minimum Gasteiger partial charge on any atom is -0.371 e. The molecule has 0 aliphatic carbocycles. The molecule has 3 amide bonds. The van der Waals surface area contributed by atoms with E-state index >= 15 is 0 Å². The molecular weight excluding hydrogens is 631 g/mol. The number of fused-ring (bicyclic) bond motifs is 1. The highest BCUT2D eigenvalue weighted by atomic mass is 32.1. The molecule has 0 spiro atoms. The third-order valence-electron chi connectivity index (χ3n) is 10.00. The molecule has 4 saturated heterocycles. The summed E-state index contributed by atoms with van der Waals surface area (Å²) in [6.45, 7) is 9.81. The number of hydrogen-bond donors (Lipinski definition) is 2. The molecule has 14 heteroatoms. The van der Waals surface area contributed by atoms with Crippen LogP contribution in [0.5, 0.6) is 0 Å². The van der Waals surface area contributed by atoms with Crippen LogP contribution in [0.15, 0.2) is 36.5 Å². The fraction of sp³-hybridized carbons (Fsp3) is 0.500.